The molecule has 0 bridgehead atoms. The van der Waals surface area contributed by atoms with Crippen LogP contribution in [-0.4, -0.2) is 27.7 Å². The largest absolute Gasteiger partial charge is 0.349 e. The van der Waals surface area contributed by atoms with E-state index in [1.807, 2.05) is 35.0 Å². The van der Waals surface area contributed by atoms with Crippen LogP contribution in [0, 0.1) is 0 Å². The van der Waals surface area contributed by atoms with Crippen LogP contribution >= 0.6 is 11.6 Å². The zero-order valence-electron chi connectivity index (χ0n) is 12.7. The number of nitrogens with one attached hydrogen (secondary N) is 2. The Morgan fingerprint density at radius 2 is 2.00 bits per heavy atom. The minimum Gasteiger partial charge on any atom is -0.349 e. The molecule has 3 aromatic rings. The number of rotatable bonds is 5. The van der Waals surface area contributed by atoms with Crippen LogP contribution in [0.3, 0.4) is 0 Å². The first-order valence-corrected chi connectivity index (χ1v) is 7.73. The van der Waals surface area contributed by atoms with Crippen molar-refractivity contribution in [1.29, 1.82) is 0 Å². The summed E-state index contributed by atoms with van der Waals surface area (Å²) in [7, 11) is 0. The lowest BCUT2D eigenvalue weighted by molar-refractivity contribution is -0.120. The van der Waals surface area contributed by atoms with Gasteiger partial charge in [-0.15, -0.1) is 0 Å². The Labute approximate surface area is 143 Å². The maximum absolute atomic E-state index is 11.9. The number of hydrogen-bond donors (Lipinski definition) is 2. The highest BCUT2D eigenvalue weighted by molar-refractivity contribution is 6.30. The van der Waals surface area contributed by atoms with Gasteiger partial charge in [-0.2, -0.15) is 0 Å². The number of aromatic nitrogens is 2. The van der Waals surface area contributed by atoms with Gasteiger partial charge in [0.05, 0.1) is 18.8 Å². The van der Waals surface area contributed by atoms with E-state index in [1.165, 1.54) is 0 Å². The zero-order valence-corrected chi connectivity index (χ0v) is 13.5. The van der Waals surface area contributed by atoms with E-state index in [2.05, 4.69) is 15.6 Å². The molecule has 0 aliphatic carbocycles. The van der Waals surface area contributed by atoms with Gasteiger partial charge in [-0.1, -0.05) is 23.7 Å². The summed E-state index contributed by atoms with van der Waals surface area (Å²) in [5.41, 5.74) is 1.97. The molecule has 2 aromatic heterocycles. The van der Waals surface area contributed by atoms with Crippen molar-refractivity contribution in [3.8, 4) is 0 Å². The van der Waals surface area contributed by atoms with E-state index in [9.17, 15) is 9.59 Å². The van der Waals surface area contributed by atoms with Crippen molar-refractivity contribution in [1.82, 2.24) is 20.0 Å². The van der Waals surface area contributed by atoms with Crippen molar-refractivity contribution >= 4 is 29.1 Å². The summed E-state index contributed by atoms with van der Waals surface area (Å²) in [6.07, 6.45) is 3.74. The first-order chi connectivity index (χ1) is 11.6. The van der Waals surface area contributed by atoms with Gasteiger partial charge >= 0.3 is 0 Å². The third kappa shape index (κ3) is 3.91. The SMILES string of the molecule is O=C(CNC(=O)c1cccc(Cl)c1)NCc1cn2ccccc2n1. The summed E-state index contributed by atoms with van der Waals surface area (Å²) in [5, 5.41) is 5.75. The lowest BCUT2D eigenvalue weighted by Gasteiger charge is -2.06. The number of amides is 2. The average molecular weight is 343 g/mol. The van der Waals surface area contributed by atoms with Gasteiger partial charge in [0.2, 0.25) is 5.91 Å². The number of fused-ring (bicyclic) bond motifs is 1. The Bertz CT molecular complexity index is 858. The van der Waals surface area contributed by atoms with Crippen LogP contribution in [-0.2, 0) is 11.3 Å². The minimum atomic E-state index is -0.347. The molecule has 2 N–H and O–H groups in total. The second-order valence-corrected chi connectivity index (χ2v) is 5.60. The molecule has 7 heteroatoms. The van der Waals surface area contributed by atoms with Crippen molar-refractivity contribution in [3.63, 3.8) is 0 Å². The summed E-state index contributed by atoms with van der Waals surface area (Å²) >= 11 is 5.83. The van der Waals surface area contributed by atoms with Crippen LogP contribution in [0.2, 0.25) is 5.02 Å². The second kappa shape index (κ2) is 7.14. The molecular formula is C17H15ClN4O2. The fourth-order valence-electron chi connectivity index (χ4n) is 2.22. The number of imidazole rings is 1. The number of hydrogen-bond acceptors (Lipinski definition) is 3. The summed E-state index contributed by atoms with van der Waals surface area (Å²) in [6.45, 7) is 0.187. The number of pyridine rings is 1. The predicted molar refractivity (Wildman–Crippen MR) is 90.8 cm³/mol. The van der Waals surface area contributed by atoms with Crippen molar-refractivity contribution < 1.29 is 9.59 Å². The maximum atomic E-state index is 11.9. The number of nitrogens with zero attached hydrogens (tertiary/aromatic N) is 2. The van der Waals surface area contributed by atoms with Crippen molar-refractivity contribution in [3.05, 3.63) is 71.1 Å². The second-order valence-electron chi connectivity index (χ2n) is 5.17. The number of carbonyl (C=O) groups is 2. The van der Waals surface area contributed by atoms with Crippen LogP contribution < -0.4 is 10.6 Å². The Balaban J connectivity index is 1.49. The van der Waals surface area contributed by atoms with Gasteiger partial charge in [-0.25, -0.2) is 4.98 Å². The number of benzene rings is 1. The molecule has 1 aromatic carbocycles. The molecule has 0 saturated heterocycles. The molecule has 24 heavy (non-hydrogen) atoms. The van der Waals surface area contributed by atoms with E-state index in [0.29, 0.717) is 17.1 Å². The molecule has 0 radical (unpaired) electrons. The maximum Gasteiger partial charge on any atom is 0.251 e. The van der Waals surface area contributed by atoms with Crippen LogP contribution in [0.4, 0.5) is 0 Å². The third-order valence-electron chi connectivity index (χ3n) is 3.38. The molecule has 0 unspecified atom stereocenters. The Hall–Kier alpha value is -2.86. The monoisotopic (exact) mass is 342 g/mol. The van der Waals surface area contributed by atoms with E-state index < -0.39 is 0 Å². The summed E-state index contributed by atoms with van der Waals surface area (Å²) in [4.78, 5) is 28.2. The topological polar surface area (TPSA) is 75.5 Å². The summed E-state index contributed by atoms with van der Waals surface area (Å²) in [5.74, 6) is -0.636. The highest BCUT2D eigenvalue weighted by Crippen LogP contribution is 2.10. The van der Waals surface area contributed by atoms with Gasteiger partial charge in [0.25, 0.3) is 5.91 Å². The van der Waals surface area contributed by atoms with Gasteiger partial charge in [0.15, 0.2) is 0 Å². The summed E-state index contributed by atoms with van der Waals surface area (Å²) in [6, 6.07) is 12.2. The van der Waals surface area contributed by atoms with Gasteiger partial charge in [0.1, 0.15) is 5.65 Å². The Morgan fingerprint density at radius 1 is 1.12 bits per heavy atom. The van der Waals surface area contributed by atoms with E-state index in [0.717, 1.165) is 11.3 Å². The van der Waals surface area contributed by atoms with E-state index in [-0.39, 0.29) is 18.4 Å². The first kappa shape index (κ1) is 16.0. The Morgan fingerprint density at radius 3 is 2.79 bits per heavy atom. The standard InChI is InChI=1S/C17H15ClN4O2/c18-13-5-3-4-12(8-13)17(24)20-10-16(23)19-9-14-11-22-7-2-1-6-15(22)21-14/h1-8,11H,9-10H2,(H,19,23)(H,20,24). The van der Waals surface area contributed by atoms with E-state index in [4.69, 9.17) is 11.6 Å². The molecule has 0 fully saturated rings. The lowest BCUT2D eigenvalue weighted by Crippen LogP contribution is -2.36. The smallest absolute Gasteiger partial charge is 0.251 e. The molecule has 0 spiro atoms. The highest BCUT2D eigenvalue weighted by Gasteiger charge is 2.09. The quantitative estimate of drug-likeness (QED) is 0.745. The van der Waals surface area contributed by atoms with Crippen molar-refractivity contribution in [2.75, 3.05) is 6.54 Å². The average Bonchev–Trinajstić information content (AvgIpc) is 3.00. The first-order valence-electron chi connectivity index (χ1n) is 7.35. The molecular weight excluding hydrogens is 328 g/mol. The Kier molecular flexibility index (Phi) is 4.77. The van der Waals surface area contributed by atoms with E-state index in [1.54, 1.807) is 24.3 Å². The fraction of sp³-hybridized carbons (Fsp3) is 0.118. The molecule has 2 amide bonds. The summed E-state index contributed by atoms with van der Waals surface area (Å²) < 4.78 is 1.88. The molecule has 0 saturated carbocycles. The van der Waals surface area contributed by atoms with E-state index >= 15 is 0 Å². The number of halogens is 1. The third-order valence-corrected chi connectivity index (χ3v) is 3.61. The van der Waals surface area contributed by atoms with Gasteiger partial charge < -0.3 is 15.0 Å². The molecule has 6 nitrogen and oxygen atoms in total. The minimum absolute atomic E-state index is 0.112. The highest BCUT2D eigenvalue weighted by atomic mass is 35.5. The van der Waals surface area contributed by atoms with Crippen LogP contribution in [0.5, 0.6) is 0 Å². The van der Waals surface area contributed by atoms with Gasteiger partial charge in [-0.05, 0) is 30.3 Å². The normalized spacial score (nSPS) is 10.5. The van der Waals surface area contributed by atoms with Crippen molar-refractivity contribution in [2.45, 2.75) is 6.54 Å². The zero-order chi connectivity index (χ0) is 16.9. The molecule has 0 aliphatic heterocycles. The molecule has 0 aliphatic rings. The van der Waals surface area contributed by atoms with Crippen LogP contribution in [0.25, 0.3) is 5.65 Å². The fourth-order valence-corrected chi connectivity index (χ4v) is 2.41. The predicted octanol–water partition coefficient (Wildman–Crippen LogP) is 2.03. The lowest BCUT2D eigenvalue weighted by atomic mass is 10.2. The molecule has 122 valence electrons. The molecule has 3 rings (SSSR count). The van der Waals surface area contributed by atoms with Crippen molar-refractivity contribution in [2.24, 2.45) is 0 Å². The number of carbonyl (C=O) groups excluding carboxylic acids is 2. The van der Waals surface area contributed by atoms with Gasteiger partial charge in [0, 0.05) is 23.0 Å². The molecule has 0 atom stereocenters. The van der Waals surface area contributed by atoms with Crippen LogP contribution in [0.1, 0.15) is 16.1 Å². The van der Waals surface area contributed by atoms with Crippen LogP contribution in [0.15, 0.2) is 54.9 Å². The molecule has 2 heterocycles. The van der Waals surface area contributed by atoms with Gasteiger partial charge in [-0.3, -0.25) is 9.59 Å².